The Bertz CT molecular complexity index is 509. The lowest BCUT2D eigenvalue weighted by Crippen LogP contribution is -2.52. The van der Waals surface area contributed by atoms with Crippen LogP contribution in [-0.2, 0) is 4.79 Å². The predicted molar refractivity (Wildman–Crippen MR) is 90.4 cm³/mol. The van der Waals surface area contributed by atoms with E-state index in [2.05, 4.69) is 11.9 Å². The summed E-state index contributed by atoms with van der Waals surface area (Å²) in [5, 5.41) is 10.4. The van der Waals surface area contributed by atoms with Crippen molar-refractivity contribution in [1.29, 1.82) is 0 Å². The lowest BCUT2D eigenvalue weighted by Gasteiger charge is -2.32. The first-order valence-electron chi connectivity index (χ1n) is 8.18. The molecule has 1 aromatic carbocycles. The number of carbonyl (C=O) groups is 1. The molecule has 0 aromatic heterocycles. The van der Waals surface area contributed by atoms with E-state index in [1.165, 1.54) is 12.8 Å². The lowest BCUT2D eigenvalue weighted by molar-refractivity contribution is -0.148. The van der Waals surface area contributed by atoms with Gasteiger partial charge < -0.3 is 19.6 Å². The van der Waals surface area contributed by atoms with Crippen LogP contribution < -0.4 is 4.74 Å². The molecule has 1 atom stereocenters. The number of amides is 1. The molecule has 5 heteroatoms. The Morgan fingerprint density at radius 2 is 1.87 bits per heavy atom. The third-order valence-corrected chi connectivity index (χ3v) is 4.20. The molecule has 0 aliphatic heterocycles. The molecule has 2 rings (SSSR count). The second kappa shape index (κ2) is 7.32. The van der Waals surface area contributed by atoms with E-state index in [-0.39, 0.29) is 5.91 Å². The third kappa shape index (κ3) is 5.22. The van der Waals surface area contributed by atoms with E-state index in [1.807, 2.05) is 18.2 Å². The van der Waals surface area contributed by atoms with Crippen LogP contribution in [0.2, 0.25) is 0 Å². The lowest BCUT2D eigenvalue weighted by atomic mass is 10.0. The van der Waals surface area contributed by atoms with Gasteiger partial charge in [-0.2, -0.15) is 0 Å². The largest absolute Gasteiger partial charge is 0.478 e. The summed E-state index contributed by atoms with van der Waals surface area (Å²) < 4.78 is 5.77. The fraction of sp³-hybridized carbons (Fsp3) is 0.611. The second-order valence-electron chi connectivity index (χ2n) is 6.94. The van der Waals surface area contributed by atoms with Gasteiger partial charge in [0.05, 0.1) is 0 Å². The van der Waals surface area contributed by atoms with Crippen molar-refractivity contribution in [2.24, 2.45) is 0 Å². The molecule has 1 fully saturated rings. The van der Waals surface area contributed by atoms with Gasteiger partial charge in [-0.25, -0.2) is 0 Å². The number of para-hydroxylation sites is 1. The first-order chi connectivity index (χ1) is 10.8. The number of ether oxygens (including phenoxy) is 1. The van der Waals surface area contributed by atoms with E-state index in [0.717, 1.165) is 6.54 Å². The van der Waals surface area contributed by atoms with Gasteiger partial charge in [0, 0.05) is 26.2 Å². The Labute approximate surface area is 138 Å². The van der Waals surface area contributed by atoms with Crippen LogP contribution in [-0.4, -0.2) is 65.7 Å². The van der Waals surface area contributed by atoms with E-state index in [9.17, 15) is 9.90 Å². The fourth-order valence-electron chi connectivity index (χ4n) is 2.45. The van der Waals surface area contributed by atoms with Crippen molar-refractivity contribution in [2.45, 2.75) is 44.4 Å². The van der Waals surface area contributed by atoms with E-state index < -0.39 is 11.7 Å². The molecule has 0 heterocycles. The number of hydrogen-bond acceptors (Lipinski definition) is 4. The minimum absolute atomic E-state index is 0.203. The average Bonchev–Trinajstić information content (AvgIpc) is 3.34. The summed E-state index contributed by atoms with van der Waals surface area (Å²) in [7, 11) is 3.85. The topological polar surface area (TPSA) is 53.0 Å². The average molecular weight is 320 g/mol. The smallest absolute Gasteiger partial charge is 0.266 e. The molecule has 128 valence electrons. The van der Waals surface area contributed by atoms with Gasteiger partial charge in [-0.3, -0.25) is 4.79 Å². The number of aliphatic hydroxyl groups is 1. The van der Waals surface area contributed by atoms with Gasteiger partial charge in [0.1, 0.15) is 11.4 Å². The van der Waals surface area contributed by atoms with Crippen molar-refractivity contribution in [3.63, 3.8) is 0 Å². The van der Waals surface area contributed by atoms with Crippen molar-refractivity contribution < 1.29 is 14.6 Å². The second-order valence-corrected chi connectivity index (χ2v) is 6.94. The van der Waals surface area contributed by atoms with Crippen molar-refractivity contribution in [1.82, 2.24) is 9.80 Å². The summed E-state index contributed by atoms with van der Waals surface area (Å²) >= 11 is 0. The van der Waals surface area contributed by atoms with Crippen LogP contribution in [0, 0.1) is 0 Å². The van der Waals surface area contributed by atoms with Crippen LogP contribution in [0.4, 0.5) is 0 Å². The maximum atomic E-state index is 12.7. The highest BCUT2D eigenvalue weighted by Crippen LogP contribution is 2.25. The van der Waals surface area contributed by atoms with Crippen LogP contribution >= 0.6 is 0 Å². The molecule has 0 unspecified atom stereocenters. The molecule has 0 saturated heterocycles. The molecule has 1 saturated carbocycles. The van der Waals surface area contributed by atoms with Gasteiger partial charge in [-0.15, -0.1) is 0 Å². The van der Waals surface area contributed by atoms with Gasteiger partial charge in [-0.05, 0) is 45.9 Å². The standard InChI is InChI=1S/C18H28N2O3/c1-18(2,22)16(23-15-8-6-5-7-9-15)17(21)20(4)13-12-19(3)14-10-11-14/h5-9,14,16,22H,10-13H2,1-4H3/t16-/m0/s1. The molecule has 1 aliphatic carbocycles. The highest BCUT2D eigenvalue weighted by Gasteiger charge is 2.37. The van der Waals surface area contributed by atoms with Crippen molar-refractivity contribution >= 4 is 5.91 Å². The van der Waals surface area contributed by atoms with E-state index in [1.54, 1.807) is 37.9 Å². The number of carbonyl (C=O) groups excluding carboxylic acids is 1. The van der Waals surface area contributed by atoms with Crippen molar-refractivity contribution in [3.8, 4) is 5.75 Å². The first kappa shape index (κ1) is 17.8. The highest BCUT2D eigenvalue weighted by molar-refractivity contribution is 5.82. The molecule has 1 N–H and O–H groups in total. The van der Waals surface area contributed by atoms with E-state index in [0.29, 0.717) is 18.3 Å². The van der Waals surface area contributed by atoms with Gasteiger partial charge in [0.25, 0.3) is 5.91 Å². The molecule has 1 aromatic rings. The molecular formula is C18H28N2O3. The quantitative estimate of drug-likeness (QED) is 0.793. The third-order valence-electron chi connectivity index (χ3n) is 4.20. The zero-order valence-electron chi connectivity index (χ0n) is 14.5. The van der Waals surface area contributed by atoms with Crippen molar-refractivity contribution in [3.05, 3.63) is 30.3 Å². The number of rotatable bonds is 8. The van der Waals surface area contributed by atoms with Crippen LogP contribution in [0.5, 0.6) is 5.75 Å². The minimum atomic E-state index is -1.26. The molecule has 1 amide bonds. The molecule has 0 radical (unpaired) electrons. The van der Waals surface area contributed by atoms with Crippen LogP contribution in [0.3, 0.4) is 0 Å². The van der Waals surface area contributed by atoms with Gasteiger partial charge in [0.2, 0.25) is 6.10 Å². The Hall–Kier alpha value is -1.59. The number of nitrogens with zero attached hydrogens (tertiary/aromatic N) is 2. The summed E-state index contributed by atoms with van der Waals surface area (Å²) in [6.07, 6.45) is 1.57. The number of hydrogen-bond donors (Lipinski definition) is 1. The molecular weight excluding hydrogens is 292 g/mol. The molecule has 0 bridgehead atoms. The van der Waals surface area contributed by atoms with E-state index in [4.69, 9.17) is 4.74 Å². The minimum Gasteiger partial charge on any atom is -0.478 e. The Kier molecular flexibility index (Phi) is 5.65. The van der Waals surface area contributed by atoms with Crippen LogP contribution in [0.25, 0.3) is 0 Å². The fourth-order valence-corrected chi connectivity index (χ4v) is 2.45. The van der Waals surface area contributed by atoms with Crippen molar-refractivity contribution in [2.75, 3.05) is 27.2 Å². The van der Waals surface area contributed by atoms with Gasteiger partial charge in [-0.1, -0.05) is 18.2 Å². The maximum absolute atomic E-state index is 12.7. The molecule has 1 aliphatic rings. The summed E-state index contributed by atoms with van der Waals surface area (Å²) in [4.78, 5) is 16.6. The monoisotopic (exact) mass is 320 g/mol. The first-order valence-corrected chi connectivity index (χ1v) is 8.18. The Morgan fingerprint density at radius 1 is 1.26 bits per heavy atom. The summed E-state index contributed by atoms with van der Waals surface area (Å²) in [6.45, 7) is 4.65. The SMILES string of the molecule is CN(CCN(C)C1CC1)C(=O)[C@H](Oc1ccccc1)C(C)(C)O. The normalized spacial score (nSPS) is 16.3. The number of likely N-dealkylation sites (N-methyl/N-ethyl adjacent to an activating group) is 2. The Balaban J connectivity index is 1.97. The zero-order valence-corrected chi connectivity index (χ0v) is 14.5. The van der Waals surface area contributed by atoms with Gasteiger partial charge >= 0.3 is 0 Å². The molecule has 0 spiro atoms. The number of benzene rings is 1. The zero-order chi connectivity index (χ0) is 17.0. The highest BCUT2D eigenvalue weighted by atomic mass is 16.5. The van der Waals surface area contributed by atoms with Crippen LogP contribution in [0.1, 0.15) is 26.7 Å². The Morgan fingerprint density at radius 3 is 2.39 bits per heavy atom. The molecule has 5 nitrogen and oxygen atoms in total. The predicted octanol–water partition coefficient (Wildman–Crippen LogP) is 1.76. The van der Waals surface area contributed by atoms with Gasteiger partial charge in [0.15, 0.2) is 0 Å². The van der Waals surface area contributed by atoms with E-state index >= 15 is 0 Å². The molecule has 23 heavy (non-hydrogen) atoms. The summed E-state index contributed by atoms with van der Waals surface area (Å²) in [5.74, 6) is 0.377. The van der Waals surface area contributed by atoms with Crippen LogP contribution in [0.15, 0.2) is 30.3 Å². The summed E-state index contributed by atoms with van der Waals surface area (Å²) in [6, 6.07) is 9.81. The summed E-state index contributed by atoms with van der Waals surface area (Å²) in [5.41, 5.74) is -1.26. The maximum Gasteiger partial charge on any atom is 0.266 e.